The van der Waals surface area contributed by atoms with E-state index in [9.17, 15) is 4.79 Å². The number of hydrogen-bond donors (Lipinski definition) is 2. The Kier molecular flexibility index (Phi) is 5.50. The monoisotopic (exact) mass is 380 g/mol. The SMILES string of the molecule is COc1ccccc1N1CCN(C(=O)C2CC(c3ccc(C)cc3)NN2)CC1. The molecular weight excluding hydrogens is 352 g/mol. The number of nitrogens with zero attached hydrogens (tertiary/aromatic N) is 2. The highest BCUT2D eigenvalue weighted by Gasteiger charge is 2.34. The van der Waals surface area contributed by atoms with Crippen molar-refractivity contribution >= 4 is 11.6 Å². The molecular formula is C22H28N4O2. The van der Waals surface area contributed by atoms with Crippen molar-refractivity contribution in [3.05, 3.63) is 59.7 Å². The molecule has 0 radical (unpaired) electrons. The van der Waals surface area contributed by atoms with Crippen LogP contribution < -0.4 is 20.5 Å². The zero-order valence-electron chi connectivity index (χ0n) is 16.5. The van der Waals surface area contributed by atoms with Crippen LogP contribution in [0.1, 0.15) is 23.6 Å². The van der Waals surface area contributed by atoms with E-state index in [1.807, 2.05) is 23.1 Å². The molecule has 2 fully saturated rings. The van der Waals surface area contributed by atoms with Crippen molar-refractivity contribution in [3.63, 3.8) is 0 Å². The highest BCUT2D eigenvalue weighted by molar-refractivity contribution is 5.82. The summed E-state index contributed by atoms with van der Waals surface area (Å²) in [5.74, 6) is 1.06. The van der Waals surface area contributed by atoms with Crippen molar-refractivity contribution in [1.82, 2.24) is 15.8 Å². The second-order valence-electron chi connectivity index (χ2n) is 7.52. The minimum atomic E-state index is -0.177. The van der Waals surface area contributed by atoms with Gasteiger partial charge in [-0.3, -0.25) is 4.79 Å². The fraction of sp³-hybridized carbons (Fsp3) is 0.409. The van der Waals surface area contributed by atoms with Crippen LogP contribution in [0, 0.1) is 6.92 Å². The van der Waals surface area contributed by atoms with E-state index in [1.165, 1.54) is 11.1 Å². The first kappa shape index (κ1) is 18.8. The maximum Gasteiger partial charge on any atom is 0.241 e. The number of aryl methyl sites for hydroxylation is 1. The van der Waals surface area contributed by atoms with Crippen LogP contribution in [0.25, 0.3) is 0 Å². The van der Waals surface area contributed by atoms with E-state index in [2.05, 4.69) is 53.0 Å². The molecule has 0 saturated carbocycles. The molecule has 0 aromatic heterocycles. The molecule has 0 spiro atoms. The molecule has 6 heteroatoms. The molecule has 0 aliphatic carbocycles. The highest BCUT2D eigenvalue weighted by atomic mass is 16.5. The van der Waals surface area contributed by atoms with E-state index in [0.717, 1.165) is 44.0 Å². The molecule has 2 aliphatic rings. The Balaban J connectivity index is 1.34. The Labute approximate surface area is 166 Å². The number of hydrogen-bond acceptors (Lipinski definition) is 5. The number of piperazine rings is 1. The van der Waals surface area contributed by atoms with Gasteiger partial charge >= 0.3 is 0 Å². The number of nitrogens with one attached hydrogen (secondary N) is 2. The summed E-state index contributed by atoms with van der Waals surface area (Å²) >= 11 is 0. The minimum absolute atomic E-state index is 0.171. The Morgan fingerprint density at radius 3 is 2.43 bits per heavy atom. The van der Waals surface area contributed by atoms with Crippen LogP contribution in [0.3, 0.4) is 0 Å². The smallest absolute Gasteiger partial charge is 0.241 e. The number of amides is 1. The third-order valence-electron chi connectivity index (χ3n) is 5.70. The lowest BCUT2D eigenvalue weighted by Gasteiger charge is -2.37. The molecule has 4 rings (SSSR count). The zero-order chi connectivity index (χ0) is 19.5. The number of carbonyl (C=O) groups excluding carboxylic acids is 1. The van der Waals surface area contributed by atoms with Gasteiger partial charge in [0.2, 0.25) is 5.91 Å². The summed E-state index contributed by atoms with van der Waals surface area (Å²) in [6.07, 6.45) is 0.772. The molecule has 2 unspecified atom stereocenters. The fourth-order valence-corrected chi connectivity index (χ4v) is 4.01. The van der Waals surface area contributed by atoms with Crippen molar-refractivity contribution < 1.29 is 9.53 Å². The molecule has 28 heavy (non-hydrogen) atoms. The molecule has 2 heterocycles. The van der Waals surface area contributed by atoms with Gasteiger partial charge in [0.25, 0.3) is 0 Å². The largest absolute Gasteiger partial charge is 0.495 e. The molecule has 2 N–H and O–H groups in total. The Bertz CT molecular complexity index is 816. The standard InChI is InChI=1S/C22H28N4O2/c1-16-7-9-17(10-8-16)18-15-19(24-23-18)22(27)26-13-11-25(12-14-26)20-5-3-4-6-21(20)28-2/h3-10,18-19,23-24H,11-15H2,1-2H3. The Morgan fingerprint density at radius 1 is 1.00 bits per heavy atom. The number of anilines is 1. The second kappa shape index (κ2) is 8.20. The molecule has 2 atom stereocenters. The molecule has 2 aliphatic heterocycles. The van der Waals surface area contributed by atoms with Crippen molar-refractivity contribution in [3.8, 4) is 5.75 Å². The minimum Gasteiger partial charge on any atom is -0.495 e. The lowest BCUT2D eigenvalue weighted by atomic mass is 10.0. The van der Waals surface area contributed by atoms with E-state index in [4.69, 9.17) is 4.74 Å². The summed E-state index contributed by atoms with van der Waals surface area (Å²) in [6, 6.07) is 16.5. The summed E-state index contributed by atoms with van der Waals surface area (Å²) in [5.41, 5.74) is 10.0. The van der Waals surface area contributed by atoms with E-state index < -0.39 is 0 Å². The van der Waals surface area contributed by atoms with Gasteiger partial charge in [0.15, 0.2) is 0 Å². The van der Waals surface area contributed by atoms with Gasteiger partial charge in [0.1, 0.15) is 11.8 Å². The van der Waals surface area contributed by atoms with Crippen LogP contribution in [0.5, 0.6) is 5.75 Å². The topological polar surface area (TPSA) is 56.8 Å². The maximum absolute atomic E-state index is 13.0. The number of para-hydroxylation sites is 2. The van der Waals surface area contributed by atoms with Crippen molar-refractivity contribution in [2.24, 2.45) is 0 Å². The second-order valence-corrected chi connectivity index (χ2v) is 7.52. The van der Waals surface area contributed by atoms with Gasteiger partial charge in [-0.05, 0) is 31.0 Å². The third-order valence-corrected chi connectivity index (χ3v) is 5.70. The van der Waals surface area contributed by atoms with E-state index in [-0.39, 0.29) is 18.0 Å². The van der Waals surface area contributed by atoms with Crippen molar-refractivity contribution in [2.75, 3.05) is 38.2 Å². The van der Waals surface area contributed by atoms with Crippen LogP contribution in [0.15, 0.2) is 48.5 Å². The van der Waals surface area contributed by atoms with Gasteiger partial charge < -0.3 is 14.5 Å². The first-order valence-electron chi connectivity index (χ1n) is 9.90. The number of carbonyl (C=O) groups is 1. The molecule has 0 bridgehead atoms. The molecule has 2 aromatic carbocycles. The number of ether oxygens (including phenoxy) is 1. The quantitative estimate of drug-likeness (QED) is 0.852. The number of hydrazine groups is 1. The van der Waals surface area contributed by atoms with Crippen LogP contribution in [0.4, 0.5) is 5.69 Å². The molecule has 148 valence electrons. The average molecular weight is 380 g/mol. The summed E-state index contributed by atoms with van der Waals surface area (Å²) in [5, 5.41) is 0. The predicted octanol–water partition coefficient (Wildman–Crippen LogP) is 2.26. The van der Waals surface area contributed by atoms with Gasteiger partial charge in [0, 0.05) is 32.2 Å². The lowest BCUT2D eigenvalue weighted by molar-refractivity contribution is -0.133. The van der Waals surface area contributed by atoms with Crippen LogP contribution in [-0.4, -0.2) is 50.1 Å². The summed E-state index contributed by atoms with van der Waals surface area (Å²) in [7, 11) is 1.70. The summed E-state index contributed by atoms with van der Waals surface area (Å²) in [6.45, 7) is 5.16. The van der Waals surface area contributed by atoms with E-state index in [0.29, 0.717) is 0 Å². The van der Waals surface area contributed by atoms with Crippen LogP contribution in [-0.2, 0) is 4.79 Å². The maximum atomic E-state index is 13.0. The Morgan fingerprint density at radius 2 is 1.71 bits per heavy atom. The summed E-state index contributed by atoms with van der Waals surface area (Å²) < 4.78 is 5.47. The molecule has 6 nitrogen and oxygen atoms in total. The van der Waals surface area contributed by atoms with Gasteiger partial charge in [0.05, 0.1) is 12.8 Å². The molecule has 1 amide bonds. The van der Waals surface area contributed by atoms with Gasteiger partial charge in [-0.1, -0.05) is 42.0 Å². The number of rotatable bonds is 4. The highest BCUT2D eigenvalue weighted by Crippen LogP contribution is 2.29. The lowest BCUT2D eigenvalue weighted by Crippen LogP contribution is -2.53. The first-order valence-corrected chi connectivity index (χ1v) is 9.90. The van der Waals surface area contributed by atoms with Crippen LogP contribution >= 0.6 is 0 Å². The molecule has 2 aromatic rings. The summed E-state index contributed by atoms with van der Waals surface area (Å²) in [4.78, 5) is 17.2. The van der Waals surface area contributed by atoms with Crippen LogP contribution in [0.2, 0.25) is 0 Å². The van der Waals surface area contributed by atoms with Gasteiger partial charge in [-0.2, -0.15) is 0 Å². The first-order chi connectivity index (χ1) is 13.7. The normalized spacial score (nSPS) is 22.4. The van der Waals surface area contributed by atoms with Crippen molar-refractivity contribution in [2.45, 2.75) is 25.4 Å². The Hall–Kier alpha value is -2.57. The molecule has 2 saturated heterocycles. The van der Waals surface area contributed by atoms with Gasteiger partial charge in [-0.25, -0.2) is 10.9 Å². The van der Waals surface area contributed by atoms with Gasteiger partial charge in [-0.15, -0.1) is 0 Å². The number of benzene rings is 2. The third kappa shape index (κ3) is 3.84. The van der Waals surface area contributed by atoms with Crippen molar-refractivity contribution in [1.29, 1.82) is 0 Å². The zero-order valence-corrected chi connectivity index (χ0v) is 16.5. The number of methoxy groups -OCH3 is 1. The average Bonchev–Trinajstić information content (AvgIpc) is 3.24. The van der Waals surface area contributed by atoms with E-state index >= 15 is 0 Å². The predicted molar refractivity (Wildman–Crippen MR) is 110 cm³/mol. The van der Waals surface area contributed by atoms with E-state index in [1.54, 1.807) is 7.11 Å². The fourth-order valence-electron chi connectivity index (χ4n) is 4.01.